The van der Waals surface area contributed by atoms with E-state index in [0.29, 0.717) is 11.2 Å². The van der Waals surface area contributed by atoms with E-state index in [2.05, 4.69) is 9.88 Å². The lowest BCUT2D eigenvalue weighted by atomic mass is 9.90. The number of rotatable bonds is 4. The first-order chi connectivity index (χ1) is 14.6. The highest BCUT2D eigenvalue weighted by atomic mass is 16.5. The maximum atomic E-state index is 13.2. The zero-order valence-corrected chi connectivity index (χ0v) is 17.8. The Morgan fingerprint density at radius 3 is 2.37 bits per heavy atom. The fourth-order valence-electron chi connectivity index (χ4n) is 4.79. The molecule has 156 valence electrons. The molecule has 1 saturated heterocycles. The molecule has 1 aromatic heterocycles. The predicted molar refractivity (Wildman–Crippen MR) is 120 cm³/mol. The van der Waals surface area contributed by atoms with Crippen molar-refractivity contribution in [1.29, 1.82) is 0 Å². The minimum absolute atomic E-state index is 0.0207. The first-order valence-corrected chi connectivity index (χ1v) is 11.1. The molecule has 0 unspecified atom stereocenters. The van der Waals surface area contributed by atoms with Crippen LogP contribution in [-0.4, -0.2) is 39.7 Å². The molecule has 30 heavy (non-hydrogen) atoms. The summed E-state index contributed by atoms with van der Waals surface area (Å²) in [5.41, 5.74) is 2.50. The first kappa shape index (κ1) is 19.3. The van der Waals surface area contributed by atoms with Crippen molar-refractivity contribution in [3.63, 3.8) is 0 Å². The monoisotopic (exact) mass is 403 g/mol. The topological polar surface area (TPSA) is 47.4 Å². The van der Waals surface area contributed by atoms with Gasteiger partial charge in [0, 0.05) is 19.1 Å². The molecule has 0 N–H and O–H groups in total. The molecule has 2 heterocycles. The molecule has 0 spiro atoms. The van der Waals surface area contributed by atoms with Gasteiger partial charge >= 0.3 is 0 Å². The van der Waals surface area contributed by atoms with Crippen molar-refractivity contribution in [2.75, 3.05) is 13.1 Å². The molecule has 2 fully saturated rings. The molecule has 1 saturated carbocycles. The molecule has 0 atom stereocenters. The third-order valence-electron chi connectivity index (χ3n) is 6.74. The van der Waals surface area contributed by atoms with Crippen LogP contribution in [0.4, 0.5) is 0 Å². The second-order valence-corrected chi connectivity index (χ2v) is 8.70. The number of ether oxygens (including phenoxy) is 1. The van der Waals surface area contributed by atoms with Crippen molar-refractivity contribution >= 4 is 10.9 Å². The minimum atomic E-state index is -0.0207. The maximum Gasteiger partial charge on any atom is 0.266 e. The van der Waals surface area contributed by atoms with Gasteiger partial charge in [-0.1, -0.05) is 18.6 Å². The lowest BCUT2D eigenvalue weighted by Gasteiger charge is -2.41. The second kappa shape index (κ2) is 7.88. The minimum Gasteiger partial charge on any atom is -0.490 e. The fraction of sp³-hybridized carbons (Fsp3) is 0.440. The SMILES string of the molecule is Cc1cccc2nc(C)n(-c3ccc(OC4CCN(C5CCC5)CC4)cc3)c(=O)c12. The largest absolute Gasteiger partial charge is 0.490 e. The van der Waals surface area contributed by atoms with Crippen LogP contribution in [-0.2, 0) is 0 Å². The molecule has 5 rings (SSSR count). The van der Waals surface area contributed by atoms with Gasteiger partial charge < -0.3 is 9.64 Å². The van der Waals surface area contributed by atoms with Crippen molar-refractivity contribution in [2.24, 2.45) is 0 Å². The quantitative estimate of drug-likeness (QED) is 0.648. The summed E-state index contributed by atoms with van der Waals surface area (Å²) in [4.78, 5) is 20.5. The molecule has 0 bridgehead atoms. The van der Waals surface area contributed by atoms with Crippen molar-refractivity contribution in [1.82, 2.24) is 14.5 Å². The van der Waals surface area contributed by atoms with Gasteiger partial charge in [-0.3, -0.25) is 9.36 Å². The van der Waals surface area contributed by atoms with Gasteiger partial charge in [-0.25, -0.2) is 4.98 Å². The summed E-state index contributed by atoms with van der Waals surface area (Å²) in [6.45, 7) is 6.12. The number of nitrogens with zero attached hydrogens (tertiary/aromatic N) is 3. The van der Waals surface area contributed by atoms with E-state index in [1.807, 2.05) is 56.3 Å². The van der Waals surface area contributed by atoms with Crippen LogP contribution < -0.4 is 10.3 Å². The van der Waals surface area contributed by atoms with Gasteiger partial charge in [0.05, 0.1) is 16.6 Å². The fourth-order valence-corrected chi connectivity index (χ4v) is 4.79. The van der Waals surface area contributed by atoms with Crippen LogP contribution in [0.15, 0.2) is 47.3 Å². The molecule has 2 aliphatic rings. The van der Waals surface area contributed by atoms with Gasteiger partial charge in [0.15, 0.2) is 0 Å². The number of aromatic nitrogens is 2. The Morgan fingerprint density at radius 2 is 1.70 bits per heavy atom. The Kier molecular flexibility index (Phi) is 5.07. The molecule has 3 aromatic rings. The number of benzene rings is 2. The van der Waals surface area contributed by atoms with Crippen LogP contribution in [0.3, 0.4) is 0 Å². The third kappa shape index (κ3) is 3.52. The molecular weight excluding hydrogens is 374 g/mol. The van der Waals surface area contributed by atoms with Crippen LogP contribution in [0.2, 0.25) is 0 Å². The van der Waals surface area contributed by atoms with Crippen LogP contribution in [0.1, 0.15) is 43.5 Å². The van der Waals surface area contributed by atoms with E-state index in [0.717, 1.165) is 54.5 Å². The number of aryl methyl sites for hydroxylation is 2. The molecule has 5 heteroatoms. The lowest BCUT2D eigenvalue weighted by Crippen LogP contribution is -2.46. The van der Waals surface area contributed by atoms with Gasteiger partial charge in [0.25, 0.3) is 5.56 Å². The normalized spacial score (nSPS) is 18.5. The first-order valence-electron chi connectivity index (χ1n) is 11.1. The average molecular weight is 404 g/mol. The number of likely N-dealkylation sites (tertiary alicyclic amines) is 1. The van der Waals surface area contributed by atoms with E-state index in [1.54, 1.807) is 4.57 Å². The molecule has 0 radical (unpaired) electrons. The number of piperidine rings is 1. The van der Waals surface area contributed by atoms with Crippen molar-refractivity contribution in [3.05, 3.63) is 64.2 Å². The number of hydrogen-bond donors (Lipinski definition) is 0. The Bertz CT molecular complexity index is 1110. The van der Waals surface area contributed by atoms with Gasteiger partial charge in [0.2, 0.25) is 0 Å². The van der Waals surface area contributed by atoms with Crippen LogP contribution in [0, 0.1) is 13.8 Å². The molecular formula is C25H29N3O2. The summed E-state index contributed by atoms with van der Waals surface area (Å²) in [7, 11) is 0. The van der Waals surface area contributed by atoms with Gasteiger partial charge in [-0.2, -0.15) is 0 Å². The maximum absolute atomic E-state index is 13.2. The second-order valence-electron chi connectivity index (χ2n) is 8.70. The molecule has 5 nitrogen and oxygen atoms in total. The number of fused-ring (bicyclic) bond motifs is 1. The van der Waals surface area contributed by atoms with Crippen LogP contribution in [0.5, 0.6) is 5.75 Å². The zero-order chi connectivity index (χ0) is 20.7. The average Bonchev–Trinajstić information content (AvgIpc) is 2.69. The molecule has 1 aliphatic heterocycles. The molecule has 0 amide bonds. The van der Waals surface area contributed by atoms with Gasteiger partial charge in [-0.15, -0.1) is 0 Å². The van der Waals surface area contributed by atoms with Crippen molar-refractivity contribution in [2.45, 2.75) is 58.1 Å². The number of hydrogen-bond acceptors (Lipinski definition) is 4. The highest BCUT2D eigenvalue weighted by Crippen LogP contribution is 2.28. The summed E-state index contributed by atoms with van der Waals surface area (Å²) in [6, 6.07) is 14.5. The van der Waals surface area contributed by atoms with Crippen LogP contribution >= 0.6 is 0 Å². The zero-order valence-electron chi connectivity index (χ0n) is 17.8. The summed E-state index contributed by atoms with van der Waals surface area (Å²) in [5.74, 6) is 1.56. The van der Waals surface area contributed by atoms with E-state index in [4.69, 9.17) is 4.74 Å². The predicted octanol–water partition coefficient (Wildman–Crippen LogP) is 4.40. The summed E-state index contributed by atoms with van der Waals surface area (Å²) >= 11 is 0. The van der Waals surface area contributed by atoms with Gasteiger partial charge in [-0.05, 0) is 75.4 Å². The van der Waals surface area contributed by atoms with E-state index >= 15 is 0 Å². The summed E-state index contributed by atoms with van der Waals surface area (Å²) in [5, 5.41) is 0.682. The van der Waals surface area contributed by atoms with E-state index in [-0.39, 0.29) is 11.7 Å². The van der Waals surface area contributed by atoms with E-state index < -0.39 is 0 Å². The van der Waals surface area contributed by atoms with Gasteiger partial charge in [0.1, 0.15) is 17.7 Å². The van der Waals surface area contributed by atoms with Crippen molar-refractivity contribution in [3.8, 4) is 11.4 Å². The Hall–Kier alpha value is -2.66. The lowest BCUT2D eigenvalue weighted by molar-refractivity contribution is 0.0493. The van der Waals surface area contributed by atoms with E-state index in [9.17, 15) is 4.79 Å². The third-order valence-corrected chi connectivity index (χ3v) is 6.74. The Balaban J connectivity index is 1.33. The summed E-state index contributed by atoms with van der Waals surface area (Å²) < 4.78 is 7.94. The summed E-state index contributed by atoms with van der Waals surface area (Å²) in [6.07, 6.45) is 6.59. The highest BCUT2D eigenvalue weighted by molar-refractivity contribution is 5.81. The molecule has 1 aliphatic carbocycles. The van der Waals surface area contributed by atoms with Crippen molar-refractivity contribution < 1.29 is 4.74 Å². The standard InChI is InChI=1S/C25H29N3O2/c1-17-5-3-8-23-24(17)25(29)28(18(2)26-23)20-9-11-21(12-10-20)30-22-13-15-27(16-14-22)19-6-4-7-19/h3,5,8-12,19,22H,4,6-7,13-16H2,1-2H3. The smallest absolute Gasteiger partial charge is 0.266 e. The van der Waals surface area contributed by atoms with Crippen LogP contribution in [0.25, 0.3) is 16.6 Å². The Labute approximate surface area is 177 Å². The Morgan fingerprint density at radius 1 is 0.967 bits per heavy atom. The highest BCUT2D eigenvalue weighted by Gasteiger charge is 2.29. The molecule has 2 aromatic carbocycles. The van der Waals surface area contributed by atoms with E-state index in [1.165, 1.54) is 19.3 Å².